The molecule has 0 bridgehead atoms. The maximum atomic E-state index is 8.26. The van der Waals surface area contributed by atoms with E-state index in [2.05, 4.69) is 9.97 Å². The molecule has 3 nitrogen and oxygen atoms in total. The maximum Gasteiger partial charge on any atom is 0.153 e. The van der Waals surface area contributed by atoms with Gasteiger partial charge >= 0.3 is 0 Å². The molecule has 3 heteroatoms. The molecule has 3 heterocycles. The van der Waals surface area contributed by atoms with Crippen molar-refractivity contribution in [3.05, 3.63) is 60.0 Å². The van der Waals surface area contributed by atoms with Crippen molar-refractivity contribution < 1.29 is 12.6 Å². The summed E-state index contributed by atoms with van der Waals surface area (Å²) in [4.78, 5) is 8.25. The Kier molecular flexibility index (Phi) is 1.55. The highest BCUT2D eigenvalue weighted by Gasteiger charge is 2.12. The first-order valence-corrected chi connectivity index (χ1v) is 6.45. The summed E-state index contributed by atoms with van der Waals surface area (Å²) in [5.74, 6) is 0. The van der Waals surface area contributed by atoms with Crippen LogP contribution < -0.4 is 0 Å². The fourth-order valence-electron chi connectivity index (χ4n) is 2.41. The van der Waals surface area contributed by atoms with Crippen molar-refractivity contribution in [1.82, 2.24) is 9.97 Å². The monoisotopic (exact) mass is 280 g/mol. The lowest BCUT2D eigenvalue weighted by Crippen LogP contribution is -1.84. The van der Waals surface area contributed by atoms with Crippen LogP contribution in [-0.2, 0) is 0 Å². The van der Waals surface area contributed by atoms with Crippen LogP contribution in [0.2, 0.25) is 0 Å². The fraction of sp³-hybridized carbons (Fsp3) is 0.111. The fourth-order valence-corrected chi connectivity index (χ4v) is 2.41. The molecule has 4 rings (SSSR count). The first-order chi connectivity index (χ1) is 12.7. The van der Waals surface area contributed by atoms with Crippen LogP contribution in [0.1, 0.15) is 19.5 Å². The second-order valence-corrected chi connectivity index (χ2v) is 4.80. The molecule has 0 fully saturated rings. The topological polar surface area (TPSA) is 38.9 Å². The third-order valence-electron chi connectivity index (χ3n) is 3.36. The van der Waals surface area contributed by atoms with E-state index in [1.54, 1.807) is 18.3 Å². The molecule has 3 aromatic heterocycles. The van der Waals surface area contributed by atoms with Gasteiger partial charge in [0.15, 0.2) is 5.58 Å². The molecular formula is C18H14N2O. The maximum absolute atomic E-state index is 8.26. The number of para-hydroxylation sites is 1. The molecule has 0 spiro atoms. The molecule has 0 N–H and O–H groups in total. The van der Waals surface area contributed by atoms with Crippen LogP contribution >= 0.6 is 0 Å². The lowest BCUT2D eigenvalue weighted by atomic mass is 10.1. The van der Waals surface area contributed by atoms with Crippen LogP contribution in [0.15, 0.2) is 53.1 Å². The smallest absolute Gasteiger partial charge is 0.153 e. The zero-order chi connectivity index (χ0) is 19.5. The van der Waals surface area contributed by atoms with Crippen LogP contribution in [0, 0.1) is 13.8 Å². The molecule has 21 heavy (non-hydrogen) atoms. The van der Waals surface area contributed by atoms with Crippen molar-refractivity contribution in [3.8, 4) is 11.3 Å². The van der Waals surface area contributed by atoms with E-state index < -0.39 is 24.6 Å². The van der Waals surface area contributed by atoms with E-state index in [0.717, 1.165) is 16.5 Å². The summed E-state index contributed by atoms with van der Waals surface area (Å²) >= 11 is 0. The molecule has 0 aliphatic heterocycles. The van der Waals surface area contributed by atoms with Crippen LogP contribution in [0.5, 0.6) is 0 Å². The van der Waals surface area contributed by atoms with Gasteiger partial charge < -0.3 is 4.42 Å². The number of hydrogen-bond acceptors (Lipinski definition) is 3. The zero-order valence-corrected chi connectivity index (χ0v) is 11.2. The number of hydrogen-bond donors (Lipinski definition) is 0. The zero-order valence-electron chi connectivity index (χ0n) is 17.2. The van der Waals surface area contributed by atoms with Crippen LogP contribution in [-0.4, -0.2) is 9.97 Å². The average molecular weight is 280 g/mol. The molecule has 1 aromatic carbocycles. The van der Waals surface area contributed by atoms with Crippen molar-refractivity contribution in [2.24, 2.45) is 0 Å². The minimum atomic E-state index is -2.68. The summed E-state index contributed by atoms with van der Waals surface area (Å²) in [5, 5.41) is 1.66. The normalized spacial score (nSPS) is 16.0. The van der Waals surface area contributed by atoms with Gasteiger partial charge in [0.2, 0.25) is 0 Å². The largest absolute Gasteiger partial charge is 0.454 e. The summed E-state index contributed by atoms with van der Waals surface area (Å²) in [6, 6.07) is 6.35. The predicted octanol–water partition coefficient (Wildman–Crippen LogP) is 4.66. The molecule has 0 aliphatic carbocycles. The van der Waals surface area contributed by atoms with Crippen molar-refractivity contribution in [1.29, 1.82) is 0 Å². The van der Waals surface area contributed by atoms with Crippen molar-refractivity contribution >= 4 is 21.9 Å². The van der Waals surface area contributed by atoms with Crippen molar-refractivity contribution in [2.75, 3.05) is 0 Å². The molecule has 0 saturated heterocycles. The lowest BCUT2D eigenvalue weighted by Gasteiger charge is -2.02. The second-order valence-electron chi connectivity index (χ2n) is 4.80. The summed E-state index contributed by atoms with van der Waals surface area (Å²) in [7, 11) is 0. The molecule has 4 aromatic rings. The Morgan fingerprint density at radius 1 is 1.19 bits per heavy atom. The quantitative estimate of drug-likeness (QED) is 0.509. The molecule has 0 saturated carbocycles. The van der Waals surface area contributed by atoms with Crippen molar-refractivity contribution in [3.63, 3.8) is 0 Å². The number of furan rings is 1. The van der Waals surface area contributed by atoms with Gasteiger partial charge in [-0.1, -0.05) is 18.2 Å². The van der Waals surface area contributed by atoms with Crippen molar-refractivity contribution in [2.45, 2.75) is 13.8 Å². The minimum Gasteiger partial charge on any atom is -0.454 e. The molecule has 102 valence electrons. The van der Waals surface area contributed by atoms with Gasteiger partial charge in [-0.3, -0.25) is 9.97 Å². The van der Waals surface area contributed by atoms with Gasteiger partial charge in [0.1, 0.15) is 5.58 Å². The molecular weight excluding hydrogens is 260 g/mol. The number of aromatic nitrogens is 2. The van der Waals surface area contributed by atoms with Crippen LogP contribution in [0.3, 0.4) is 0 Å². The second kappa shape index (κ2) is 4.42. The van der Waals surface area contributed by atoms with Crippen LogP contribution in [0.4, 0.5) is 0 Å². The highest BCUT2D eigenvalue weighted by Crippen LogP contribution is 2.34. The standard InChI is InChI=1S/C18H14N2O/c1-11-6-7-16(20-9-11)14-5-3-4-13-15-8-12(2)19-10-17(15)21-18(13)14/h3-10H,1-2H3/i1D3,6D,7D,9D. The number of nitrogens with zero attached hydrogens (tertiary/aromatic N) is 2. The summed E-state index contributed by atoms with van der Waals surface area (Å²) in [5.41, 5.74) is 1.83. The van der Waals surface area contributed by atoms with E-state index in [-0.39, 0.29) is 11.7 Å². The van der Waals surface area contributed by atoms with Gasteiger partial charge in [-0.2, -0.15) is 0 Å². The molecule has 0 amide bonds. The summed E-state index contributed by atoms with van der Waals surface area (Å²) < 4.78 is 52.7. The predicted molar refractivity (Wildman–Crippen MR) is 84.2 cm³/mol. The molecule has 0 aliphatic rings. The third kappa shape index (κ3) is 1.89. The number of benzene rings is 1. The number of aryl methyl sites for hydroxylation is 1. The summed E-state index contributed by atoms with van der Waals surface area (Å²) in [6.07, 6.45) is 1.09. The van der Waals surface area contributed by atoms with E-state index >= 15 is 0 Å². The van der Waals surface area contributed by atoms with E-state index in [9.17, 15) is 0 Å². The minimum absolute atomic E-state index is 0.0485. The van der Waals surface area contributed by atoms with E-state index in [1.165, 1.54) is 0 Å². The first kappa shape index (κ1) is 7.36. The molecule has 0 atom stereocenters. The Labute approximate surface area is 130 Å². The first-order valence-electron chi connectivity index (χ1n) is 9.45. The highest BCUT2D eigenvalue weighted by molar-refractivity contribution is 6.09. The Morgan fingerprint density at radius 3 is 3.05 bits per heavy atom. The number of fused-ring (bicyclic) bond motifs is 3. The van der Waals surface area contributed by atoms with Crippen LogP contribution in [0.25, 0.3) is 33.2 Å². The van der Waals surface area contributed by atoms with Gasteiger partial charge in [-0.25, -0.2) is 0 Å². The lowest BCUT2D eigenvalue weighted by molar-refractivity contribution is 0.667. The van der Waals surface area contributed by atoms with Gasteiger partial charge in [-0.15, -0.1) is 0 Å². The van der Waals surface area contributed by atoms with E-state index in [1.807, 2.05) is 19.1 Å². The Morgan fingerprint density at radius 2 is 2.14 bits per heavy atom. The third-order valence-corrected chi connectivity index (χ3v) is 3.36. The SMILES string of the molecule is [2H]c1nc(-c2cccc3c2oc2cnc(C)cc23)c([2H])c([2H])c1C([2H])([2H])[2H]. The van der Waals surface area contributed by atoms with Gasteiger partial charge in [0.25, 0.3) is 0 Å². The Hall–Kier alpha value is -2.68. The Bertz CT molecular complexity index is 1210. The summed E-state index contributed by atoms with van der Waals surface area (Å²) in [6.45, 7) is -0.804. The number of rotatable bonds is 1. The average Bonchev–Trinajstić information content (AvgIpc) is 2.95. The Balaban J connectivity index is 2.05. The molecule has 0 unspecified atom stereocenters. The van der Waals surface area contributed by atoms with Gasteiger partial charge in [0, 0.05) is 32.3 Å². The van der Waals surface area contributed by atoms with E-state index in [0.29, 0.717) is 16.7 Å². The van der Waals surface area contributed by atoms with E-state index in [4.69, 9.17) is 12.6 Å². The highest BCUT2D eigenvalue weighted by atomic mass is 16.3. The molecule has 0 radical (unpaired) electrons. The van der Waals surface area contributed by atoms with Gasteiger partial charge in [-0.05, 0) is 37.5 Å². The van der Waals surface area contributed by atoms with Gasteiger partial charge in [0.05, 0.1) is 16.0 Å². The number of pyridine rings is 2.